The molecule has 4 nitrogen and oxygen atoms in total. The summed E-state index contributed by atoms with van der Waals surface area (Å²) in [5.74, 6) is -1.26. The molecule has 1 heterocycles. The van der Waals surface area contributed by atoms with Crippen LogP contribution in [0.3, 0.4) is 0 Å². The number of aromatic nitrogens is 1. The van der Waals surface area contributed by atoms with E-state index in [2.05, 4.69) is 4.37 Å². The van der Waals surface area contributed by atoms with Gasteiger partial charge in [0.1, 0.15) is 7.11 Å². The summed E-state index contributed by atoms with van der Waals surface area (Å²) in [6.45, 7) is 0. The highest BCUT2D eigenvalue weighted by Gasteiger charge is 2.21. The third-order valence-corrected chi connectivity index (χ3v) is 3.25. The third kappa shape index (κ3) is 1.26. The fourth-order valence-corrected chi connectivity index (χ4v) is 2.51. The number of nitrogens with zero attached hydrogens (tertiary/aromatic N) is 1. The van der Waals surface area contributed by atoms with Gasteiger partial charge in [-0.1, -0.05) is 12.1 Å². The second-order valence-corrected chi connectivity index (χ2v) is 4.09. The highest BCUT2D eigenvalue weighted by atomic mass is 32.2. The summed E-state index contributed by atoms with van der Waals surface area (Å²) < 4.78 is 9.80. The van der Waals surface area contributed by atoms with Crippen LogP contribution < -0.4 is 9.29 Å². The lowest BCUT2D eigenvalue weighted by Crippen LogP contribution is -2.22. The van der Waals surface area contributed by atoms with Gasteiger partial charge in [-0.2, -0.15) is 0 Å². The molecular formula is C9H7NO3S. The monoisotopic (exact) mass is 209 g/mol. The number of carbonyl (C=O) groups is 1. The summed E-state index contributed by atoms with van der Waals surface area (Å²) in [4.78, 5) is 10.7. The lowest BCUT2D eigenvalue weighted by Gasteiger charge is -1.91. The van der Waals surface area contributed by atoms with Crippen LogP contribution in [-0.4, -0.2) is 17.5 Å². The van der Waals surface area contributed by atoms with E-state index in [4.69, 9.17) is 4.18 Å². The predicted molar refractivity (Wildman–Crippen MR) is 51.1 cm³/mol. The maximum atomic E-state index is 10.7. The van der Waals surface area contributed by atoms with Gasteiger partial charge >= 0.3 is 0 Å². The molecule has 0 aliphatic rings. The molecule has 1 aromatic heterocycles. The molecule has 0 N–H and O–H groups in total. The van der Waals surface area contributed by atoms with Gasteiger partial charge in [-0.3, -0.25) is 0 Å². The summed E-state index contributed by atoms with van der Waals surface area (Å²) in [7, 11) is 0.709. The van der Waals surface area contributed by atoms with Crippen molar-refractivity contribution in [3.8, 4) is 0 Å². The Morgan fingerprint density at radius 1 is 1.50 bits per heavy atom. The number of hydrogen-bond acceptors (Lipinski definition) is 4. The number of hydrogen-bond donors (Lipinski definition) is 0. The summed E-state index contributed by atoms with van der Waals surface area (Å²) in [5, 5.41) is 11.3. The Morgan fingerprint density at radius 2 is 2.21 bits per heavy atom. The highest BCUT2D eigenvalue weighted by Crippen LogP contribution is 2.29. The van der Waals surface area contributed by atoms with Crippen LogP contribution in [0.1, 0.15) is 10.5 Å². The van der Waals surface area contributed by atoms with Crippen molar-refractivity contribution in [3.05, 3.63) is 30.0 Å². The molecule has 1 unspecified atom stereocenters. The molecule has 5 heteroatoms. The van der Waals surface area contributed by atoms with Crippen molar-refractivity contribution >= 4 is 27.0 Å². The molecular weight excluding hydrogens is 202 g/mol. The lowest BCUT2D eigenvalue weighted by atomic mass is 10.2. The Morgan fingerprint density at radius 3 is 2.86 bits per heavy atom. The van der Waals surface area contributed by atoms with Gasteiger partial charge < -0.3 is 9.90 Å². The minimum Gasteiger partial charge on any atom is -0.543 e. The maximum absolute atomic E-state index is 10.7. The van der Waals surface area contributed by atoms with Gasteiger partial charge in [-0.15, -0.1) is 4.18 Å². The number of carboxylic acid groups (broad SMARTS) is 1. The second kappa shape index (κ2) is 3.36. The van der Waals surface area contributed by atoms with E-state index in [0.717, 1.165) is 4.70 Å². The Labute approximate surface area is 83.1 Å². The minimum atomic E-state index is -1.26. The van der Waals surface area contributed by atoms with E-state index >= 15 is 0 Å². The first-order valence-electron chi connectivity index (χ1n) is 3.92. The summed E-state index contributed by atoms with van der Waals surface area (Å²) in [6, 6.07) is 7.10. The second-order valence-electron chi connectivity index (χ2n) is 2.64. The summed E-state index contributed by atoms with van der Waals surface area (Å²) in [5.41, 5.74) is -0.0224. The molecule has 0 radical (unpaired) electrons. The lowest BCUT2D eigenvalue weighted by molar-refractivity contribution is -0.255. The molecule has 0 aliphatic carbocycles. The number of carbonyl (C=O) groups excluding carboxylic acids is 1. The zero-order valence-electron chi connectivity index (χ0n) is 7.39. The molecule has 0 fully saturated rings. The number of fused-ring (bicyclic) bond motifs is 1. The van der Waals surface area contributed by atoms with Crippen molar-refractivity contribution in [2.45, 2.75) is 0 Å². The molecule has 14 heavy (non-hydrogen) atoms. The summed E-state index contributed by atoms with van der Waals surface area (Å²) in [6.07, 6.45) is 0. The van der Waals surface area contributed by atoms with Crippen LogP contribution >= 0.6 is 10.9 Å². The number of aromatic carboxylic acids is 1. The van der Waals surface area contributed by atoms with Gasteiger partial charge in [-0.25, -0.2) is 0 Å². The molecule has 0 spiro atoms. The zero-order valence-corrected chi connectivity index (χ0v) is 8.21. The molecule has 0 bridgehead atoms. The van der Waals surface area contributed by atoms with Gasteiger partial charge in [0.25, 0.3) is 10.9 Å². The average molecular weight is 209 g/mol. The Bertz CT molecular complexity index is 492. The molecule has 0 aliphatic heterocycles. The normalized spacial score (nSPS) is 11.9. The Kier molecular flexibility index (Phi) is 2.18. The molecule has 0 amide bonds. The largest absolute Gasteiger partial charge is 0.543 e. The van der Waals surface area contributed by atoms with E-state index in [1.807, 2.05) is 6.07 Å². The number of carboxylic acids is 1. The van der Waals surface area contributed by atoms with Gasteiger partial charge in [0.2, 0.25) is 4.70 Å². The average Bonchev–Trinajstić information content (AvgIpc) is 2.56. The predicted octanol–water partition coefficient (Wildman–Crippen LogP) is 0.406. The van der Waals surface area contributed by atoms with E-state index < -0.39 is 16.9 Å². The Hall–Kier alpha value is -1.46. The highest BCUT2D eigenvalue weighted by molar-refractivity contribution is 7.28. The van der Waals surface area contributed by atoms with Crippen molar-refractivity contribution < 1.29 is 14.1 Å². The summed E-state index contributed by atoms with van der Waals surface area (Å²) >= 11 is 0. The number of benzene rings is 1. The maximum Gasteiger partial charge on any atom is 0.268 e. The van der Waals surface area contributed by atoms with Gasteiger partial charge in [0, 0.05) is 10.4 Å². The van der Waals surface area contributed by atoms with Gasteiger partial charge in [0.15, 0.2) is 5.69 Å². The molecule has 72 valence electrons. The van der Waals surface area contributed by atoms with Crippen LogP contribution in [0, 0.1) is 0 Å². The Balaban J connectivity index is 2.80. The minimum absolute atomic E-state index is 0.0224. The topological polar surface area (TPSA) is 62.2 Å². The van der Waals surface area contributed by atoms with Crippen LogP contribution in [0.25, 0.3) is 10.1 Å². The van der Waals surface area contributed by atoms with Crippen LogP contribution in [-0.2, 0) is 0 Å². The van der Waals surface area contributed by atoms with Crippen molar-refractivity contribution in [3.63, 3.8) is 0 Å². The van der Waals surface area contributed by atoms with Crippen molar-refractivity contribution in [1.29, 1.82) is 0 Å². The third-order valence-electron chi connectivity index (χ3n) is 1.86. The van der Waals surface area contributed by atoms with E-state index in [0.29, 0.717) is 5.39 Å². The molecule has 2 rings (SSSR count). The van der Waals surface area contributed by atoms with Crippen molar-refractivity contribution in [1.82, 2.24) is 4.37 Å². The van der Waals surface area contributed by atoms with E-state index in [9.17, 15) is 9.90 Å². The number of rotatable bonds is 2. The van der Waals surface area contributed by atoms with E-state index in [1.165, 1.54) is 7.11 Å². The molecule has 0 saturated heterocycles. The fraction of sp³-hybridized carbons (Fsp3) is 0.111. The van der Waals surface area contributed by atoms with Crippen LogP contribution in [0.2, 0.25) is 0 Å². The van der Waals surface area contributed by atoms with Crippen molar-refractivity contribution in [2.75, 3.05) is 7.11 Å². The first-order chi connectivity index (χ1) is 6.74. The zero-order chi connectivity index (χ0) is 10.1. The molecule has 1 aromatic carbocycles. The van der Waals surface area contributed by atoms with E-state index in [1.54, 1.807) is 18.2 Å². The van der Waals surface area contributed by atoms with Gasteiger partial charge in [0.05, 0.1) is 11.4 Å². The van der Waals surface area contributed by atoms with Gasteiger partial charge in [-0.05, 0) is 6.07 Å². The standard InChI is InChI=1S/C9H7NO3S/c1-13-14-7-5-3-2-4-6(7)8(10-14)9(11)12/h2-5H,1H3. The first-order valence-corrected chi connectivity index (χ1v) is 5.03. The molecule has 1 atom stereocenters. The first kappa shape index (κ1) is 9.11. The molecule has 2 aromatic rings. The fourth-order valence-electron chi connectivity index (χ4n) is 1.27. The van der Waals surface area contributed by atoms with Crippen molar-refractivity contribution in [2.24, 2.45) is 0 Å². The van der Waals surface area contributed by atoms with E-state index in [-0.39, 0.29) is 5.69 Å². The van der Waals surface area contributed by atoms with Crippen LogP contribution in [0.4, 0.5) is 0 Å². The van der Waals surface area contributed by atoms with Crippen LogP contribution in [0.15, 0.2) is 24.3 Å². The van der Waals surface area contributed by atoms with Crippen LogP contribution in [0.5, 0.6) is 0 Å². The smallest absolute Gasteiger partial charge is 0.268 e. The SMILES string of the molecule is CO[s+]1nc(C(=O)[O-])c2ccccc21. The molecule has 0 saturated carbocycles. The quantitative estimate of drug-likeness (QED) is 0.672.